The van der Waals surface area contributed by atoms with Gasteiger partial charge >= 0.3 is 19.7 Å². The number of rotatable bonds is 11. The fraction of sp³-hybridized carbons (Fsp3) is 0.661. The van der Waals surface area contributed by atoms with Gasteiger partial charge in [-0.1, -0.05) is 71.1 Å². The van der Waals surface area contributed by atoms with Crippen LogP contribution in [0, 0.1) is 35.5 Å². The number of fused-ring (bicyclic) bond motifs is 3. The summed E-state index contributed by atoms with van der Waals surface area (Å²) < 4.78 is 64.6. The monoisotopic (exact) mass is 1190 g/mol. The van der Waals surface area contributed by atoms with Gasteiger partial charge in [0.2, 0.25) is 13.2 Å². The number of amides is 1. The molecule has 3 fully saturated rings. The summed E-state index contributed by atoms with van der Waals surface area (Å²) in [6, 6.07) is 3.38. The topological polar surface area (TPSA) is 306 Å². The summed E-state index contributed by atoms with van der Waals surface area (Å²) in [5.74, 6) is -10.4. The molecule has 0 aromatic heterocycles. The van der Waals surface area contributed by atoms with Crippen LogP contribution in [0.2, 0.25) is 0 Å². The van der Waals surface area contributed by atoms with Crippen molar-refractivity contribution in [2.24, 2.45) is 35.5 Å². The third-order valence-corrected chi connectivity index (χ3v) is 20.6. The van der Waals surface area contributed by atoms with Crippen LogP contribution in [-0.4, -0.2) is 154 Å². The fourth-order valence-electron chi connectivity index (χ4n) is 11.6. The summed E-state index contributed by atoms with van der Waals surface area (Å²) >= 11 is 0. The molecule has 16 atom stereocenters. The third-order valence-electron chi connectivity index (χ3n) is 16.5. The highest BCUT2D eigenvalue weighted by Crippen LogP contribution is 2.54. The maximum Gasteiger partial charge on any atom is 0.514 e. The van der Waals surface area contributed by atoms with E-state index in [4.69, 9.17) is 33.2 Å². The number of esters is 1. The molecule has 2 bridgehead atoms. The number of aliphatic hydroxyl groups excluding tert-OH is 1. The number of piperidine rings is 1. The average molecular weight is 1190 g/mol. The number of nitrogens with zero attached hydrogens (tertiary/aromatic N) is 1. The van der Waals surface area contributed by atoms with Gasteiger partial charge in [-0.25, -0.2) is 9.59 Å². The molecule has 1 unspecified atom stereocenters. The molecule has 1 saturated carbocycles. The van der Waals surface area contributed by atoms with Crippen molar-refractivity contribution >= 4 is 55.7 Å². The van der Waals surface area contributed by atoms with Crippen LogP contribution >= 0.6 is 15.0 Å². The third kappa shape index (κ3) is 18.7. The van der Waals surface area contributed by atoms with Crippen molar-refractivity contribution in [2.75, 3.05) is 33.8 Å². The molecular weight excluding hydrogens is 1100 g/mol. The van der Waals surface area contributed by atoms with Crippen LogP contribution in [-0.2, 0) is 61.5 Å². The SMILES string of the molecule is CO[C@H]1C[C@@H]2CC[C@@H](C)[C@@](O)(O2)C(=O)C(=O)N2CCCC[C@H]2C(=O)O[C@H]([C@H](C)C[C@H]2CC[C@@H](OC(=O)Oc3ccc(P(=O)(O)CP(=O)(O)O)cc3)[C@H](OC)C2)CC(=O)[C@H](C)/C=C(\C)[C@@H](O)[C@@H](OC)C(=O)[C@H](C)C[C@H](C)/C=C/C=C/C=C/1C. The second-order valence-corrected chi connectivity index (χ2v) is 27.4. The minimum absolute atomic E-state index is 0.0141. The lowest BCUT2D eigenvalue weighted by Crippen LogP contribution is -2.61. The van der Waals surface area contributed by atoms with E-state index in [0.29, 0.717) is 63.4 Å². The summed E-state index contributed by atoms with van der Waals surface area (Å²) in [5.41, 5.74) is 1.16. The second-order valence-electron chi connectivity index (χ2n) is 23.0. The Morgan fingerprint density at radius 2 is 1.52 bits per heavy atom. The Kier molecular flexibility index (Phi) is 25.4. The highest BCUT2D eigenvalue weighted by molar-refractivity contribution is 7.77. The quantitative estimate of drug-likeness (QED) is 0.0473. The van der Waals surface area contributed by atoms with Crippen molar-refractivity contribution in [3.63, 3.8) is 0 Å². The zero-order valence-electron chi connectivity index (χ0n) is 49.0. The molecular formula is C59H87NO20P2. The number of cyclic esters (lactones) is 1. The van der Waals surface area contributed by atoms with Crippen LogP contribution in [0.25, 0.3) is 0 Å². The van der Waals surface area contributed by atoms with Gasteiger partial charge in [0.15, 0.2) is 5.78 Å². The number of ketones is 3. The molecule has 0 spiro atoms. The summed E-state index contributed by atoms with van der Waals surface area (Å²) in [7, 11) is -4.88. The zero-order valence-corrected chi connectivity index (χ0v) is 50.7. The number of hydrogen-bond acceptors (Lipinski definition) is 17. The zero-order chi connectivity index (χ0) is 60.9. The number of carbonyl (C=O) groups is 6. The van der Waals surface area contributed by atoms with Crippen LogP contribution in [0.1, 0.15) is 126 Å². The summed E-state index contributed by atoms with van der Waals surface area (Å²) in [4.78, 5) is 114. The maximum atomic E-state index is 14.6. The van der Waals surface area contributed by atoms with E-state index in [1.165, 1.54) is 26.4 Å². The summed E-state index contributed by atoms with van der Waals surface area (Å²) in [5, 5.41) is 23.3. The van der Waals surface area contributed by atoms with Crippen molar-refractivity contribution < 1.29 is 95.9 Å². The number of methoxy groups -OCH3 is 3. The minimum atomic E-state index is -4.82. The predicted octanol–water partition coefficient (Wildman–Crippen LogP) is 7.43. The molecule has 1 aliphatic carbocycles. The number of ether oxygens (including phenoxy) is 7. The highest BCUT2D eigenvalue weighted by Gasteiger charge is 2.53. The smallest absolute Gasteiger partial charge is 0.460 e. The number of hydrogen-bond donors (Lipinski definition) is 5. The molecule has 458 valence electrons. The standard InChI is InChI=1S/C59H87NO20P2/c1-35-16-12-11-13-17-36(2)49(74-8)32-44-21-19-41(7)59(68,80-44)55(64)56(65)60-27-15-14-18-46(60)57(66)78-50(33-47(61)37(3)29-40(6)53(63)54(76-10)52(62)39(5)28-35)38(4)30-42-20-26-48(51(31-42)75-9)79-58(67)77-43-22-24-45(25-23-43)81(69,70)34-82(71,72)73/h11-13,16-17,22-25,29,35,37-39,41-42,44,46,48-51,53-54,63,68H,14-15,18-21,26-28,30-34H2,1-10H3,(H,69,70)(H2,71,72,73)/b13-11+,16-12+,36-17+,40-29+/t35-,37-,38-,39-,41-,42-,44+,46+,48-,49+,50+,51-,53-,54+,59-/m1/s1. The van der Waals surface area contributed by atoms with Gasteiger partial charge in [0.05, 0.1) is 18.3 Å². The van der Waals surface area contributed by atoms with Crippen molar-refractivity contribution in [3.05, 3.63) is 71.9 Å². The first-order valence-corrected chi connectivity index (χ1v) is 32.0. The maximum absolute atomic E-state index is 14.6. The van der Waals surface area contributed by atoms with Crippen LogP contribution in [0.4, 0.5) is 4.79 Å². The van der Waals surface area contributed by atoms with Crippen LogP contribution < -0.4 is 10.0 Å². The molecule has 1 aromatic carbocycles. The van der Waals surface area contributed by atoms with Crippen molar-refractivity contribution in [1.29, 1.82) is 0 Å². The Morgan fingerprint density at radius 3 is 2.17 bits per heavy atom. The van der Waals surface area contributed by atoms with E-state index >= 15 is 0 Å². The predicted molar refractivity (Wildman–Crippen MR) is 303 cm³/mol. The van der Waals surface area contributed by atoms with E-state index in [2.05, 4.69) is 0 Å². The largest absolute Gasteiger partial charge is 0.514 e. The number of carbonyl (C=O) groups excluding carboxylic acids is 6. The second kappa shape index (κ2) is 30.5. The van der Waals surface area contributed by atoms with Crippen LogP contribution in [0.15, 0.2) is 71.9 Å². The van der Waals surface area contributed by atoms with Crippen molar-refractivity contribution in [2.45, 2.75) is 180 Å². The molecule has 82 heavy (non-hydrogen) atoms. The lowest BCUT2D eigenvalue weighted by Gasteiger charge is -2.42. The van der Waals surface area contributed by atoms with E-state index in [0.717, 1.165) is 22.6 Å². The van der Waals surface area contributed by atoms with E-state index in [1.54, 1.807) is 40.9 Å². The first-order valence-electron chi connectivity index (χ1n) is 28.4. The molecule has 0 radical (unpaired) electrons. The number of benzene rings is 1. The minimum Gasteiger partial charge on any atom is -0.460 e. The van der Waals surface area contributed by atoms with E-state index in [9.17, 15) is 62.8 Å². The Balaban J connectivity index is 1.40. The van der Waals surface area contributed by atoms with Gasteiger partial charge in [0.25, 0.3) is 11.7 Å². The Bertz CT molecular complexity index is 2610. The molecule has 1 aromatic rings. The molecule has 5 rings (SSSR count). The lowest BCUT2D eigenvalue weighted by molar-refractivity contribution is -0.265. The number of Topliss-reactive ketones (excluding diaryl/α,β-unsaturated/α-hetero) is 3. The van der Waals surface area contributed by atoms with Gasteiger partial charge in [-0.2, -0.15) is 0 Å². The van der Waals surface area contributed by atoms with Gasteiger partial charge in [-0.3, -0.25) is 28.3 Å². The molecule has 23 heteroatoms. The van der Waals surface area contributed by atoms with E-state index in [1.807, 2.05) is 51.2 Å². The Morgan fingerprint density at radius 1 is 0.829 bits per heavy atom. The van der Waals surface area contributed by atoms with Gasteiger partial charge < -0.3 is 63.0 Å². The van der Waals surface area contributed by atoms with Gasteiger partial charge in [-0.05, 0) is 131 Å². The molecule has 21 nitrogen and oxygen atoms in total. The Labute approximate surface area is 481 Å². The normalized spacial score (nSPS) is 35.3. The first kappa shape index (κ1) is 68.3. The molecule has 2 saturated heterocycles. The van der Waals surface area contributed by atoms with Gasteiger partial charge in [0.1, 0.15) is 47.9 Å². The molecule has 4 aliphatic rings. The van der Waals surface area contributed by atoms with Crippen LogP contribution in [0.5, 0.6) is 5.75 Å². The summed E-state index contributed by atoms with van der Waals surface area (Å²) in [6.45, 7) is 12.4. The Hall–Kier alpha value is -4.50. The fourth-order valence-corrected chi connectivity index (χ4v) is 14.8. The van der Waals surface area contributed by atoms with Crippen LogP contribution in [0.3, 0.4) is 0 Å². The molecule has 3 heterocycles. The molecule has 5 N–H and O–H groups in total. The average Bonchev–Trinajstić information content (AvgIpc) is 3.37. The molecule has 1 amide bonds. The lowest BCUT2D eigenvalue weighted by atomic mass is 9.78. The molecule has 3 aliphatic heterocycles. The highest BCUT2D eigenvalue weighted by atomic mass is 31.2. The number of allylic oxidation sites excluding steroid dienone is 6. The first-order chi connectivity index (χ1) is 38.5. The number of aliphatic hydroxyl groups is 2. The van der Waals surface area contributed by atoms with Gasteiger partial charge in [0, 0.05) is 63.8 Å². The van der Waals surface area contributed by atoms with E-state index < -0.39 is 123 Å². The van der Waals surface area contributed by atoms with E-state index in [-0.39, 0.29) is 60.3 Å². The summed E-state index contributed by atoms with van der Waals surface area (Å²) in [6.07, 6.45) is 7.66. The van der Waals surface area contributed by atoms with Crippen molar-refractivity contribution in [1.82, 2.24) is 4.90 Å². The van der Waals surface area contributed by atoms with Gasteiger partial charge in [-0.15, -0.1) is 0 Å². The van der Waals surface area contributed by atoms with Crippen molar-refractivity contribution in [3.8, 4) is 5.75 Å².